The highest BCUT2D eigenvalue weighted by atomic mass is 16.1. The Morgan fingerprint density at radius 3 is 2.33 bits per heavy atom. The van der Waals surface area contributed by atoms with Crippen LogP contribution in [0.3, 0.4) is 0 Å². The molecule has 1 heterocycles. The number of rotatable bonds is 10. The molecule has 0 bridgehead atoms. The monoisotopic (exact) mass is 382 g/mol. The van der Waals surface area contributed by atoms with Crippen molar-refractivity contribution in [2.75, 3.05) is 46.3 Å². The van der Waals surface area contributed by atoms with Crippen molar-refractivity contribution in [2.45, 2.75) is 72.0 Å². The molecule has 1 aliphatic heterocycles. The molecule has 0 aromatic heterocycles. The van der Waals surface area contributed by atoms with Gasteiger partial charge < -0.3 is 16.0 Å². The number of hydrogen-bond donors (Lipinski definition) is 3. The lowest BCUT2D eigenvalue weighted by Crippen LogP contribution is -2.50. The fourth-order valence-corrected chi connectivity index (χ4v) is 3.59. The van der Waals surface area contributed by atoms with Gasteiger partial charge in [0.15, 0.2) is 5.96 Å². The molecule has 0 spiro atoms. The molecule has 7 heteroatoms. The zero-order chi connectivity index (χ0) is 20.2. The maximum Gasteiger partial charge on any atom is 0.233 e. The molecule has 3 N–H and O–H groups in total. The summed E-state index contributed by atoms with van der Waals surface area (Å²) in [5.74, 6) is 1.01. The van der Waals surface area contributed by atoms with Crippen LogP contribution in [0, 0.1) is 0 Å². The first-order valence-corrected chi connectivity index (χ1v) is 10.6. The smallest absolute Gasteiger partial charge is 0.233 e. The molecule has 1 amide bonds. The van der Waals surface area contributed by atoms with Crippen molar-refractivity contribution in [1.82, 2.24) is 25.8 Å². The molecule has 158 valence electrons. The molecule has 0 aromatic rings. The summed E-state index contributed by atoms with van der Waals surface area (Å²) in [4.78, 5) is 21.0. The highest BCUT2D eigenvalue weighted by molar-refractivity contribution is 5.80. The van der Waals surface area contributed by atoms with E-state index in [0.717, 1.165) is 57.9 Å². The molecule has 0 radical (unpaired) electrons. The summed E-state index contributed by atoms with van der Waals surface area (Å²) in [6, 6.07) is 1.56. The third-order valence-electron chi connectivity index (χ3n) is 5.09. The van der Waals surface area contributed by atoms with Crippen molar-refractivity contribution in [3.8, 4) is 0 Å². The van der Waals surface area contributed by atoms with Gasteiger partial charge in [0.05, 0.1) is 6.54 Å². The number of guanidine groups is 1. The topological polar surface area (TPSA) is 72.0 Å². The van der Waals surface area contributed by atoms with E-state index >= 15 is 0 Å². The van der Waals surface area contributed by atoms with Gasteiger partial charge in [0.2, 0.25) is 5.91 Å². The predicted octanol–water partition coefficient (Wildman–Crippen LogP) is 1.26. The Balaban J connectivity index is 2.40. The standard InChI is InChI=1S/C20H42N6O/c1-7-22-20(23-11-8-12-26(16(2)3)17(4)5)24-18-9-13-25(14-10-18)15-19(27)21-6/h16-18H,7-15H2,1-6H3,(H,21,27)(H2,22,23,24). The second kappa shape index (κ2) is 12.9. The summed E-state index contributed by atoms with van der Waals surface area (Å²) in [6.45, 7) is 16.3. The first-order chi connectivity index (χ1) is 12.9. The van der Waals surface area contributed by atoms with Crippen LogP contribution >= 0.6 is 0 Å². The van der Waals surface area contributed by atoms with E-state index in [2.05, 4.69) is 60.4 Å². The number of amides is 1. The maximum atomic E-state index is 11.5. The summed E-state index contributed by atoms with van der Waals surface area (Å²) in [5.41, 5.74) is 0. The normalized spacial score (nSPS) is 17.0. The van der Waals surface area contributed by atoms with Gasteiger partial charge in [-0.25, -0.2) is 0 Å². The quantitative estimate of drug-likeness (QED) is 0.301. The SMILES string of the molecule is CCNC(=NCCCN(C(C)C)C(C)C)NC1CCN(CC(=O)NC)CC1. The number of nitrogens with one attached hydrogen (secondary N) is 3. The second-order valence-corrected chi connectivity index (χ2v) is 7.91. The molecule has 27 heavy (non-hydrogen) atoms. The van der Waals surface area contributed by atoms with Crippen LogP contribution in [0.15, 0.2) is 4.99 Å². The van der Waals surface area contributed by atoms with Gasteiger partial charge in [0, 0.05) is 57.9 Å². The van der Waals surface area contributed by atoms with E-state index in [1.165, 1.54) is 0 Å². The van der Waals surface area contributed by atoms with Crippen LogP contribution in [0.5, 0.6) is 0 Å². The maximum absolute atomic E-state index is 11.5. The minimum absolute atomic E-state index is 0.0909. The third kappa shape index (κ3) is 9.42. The minimum atomic E-state index is 0.0909. The van der Waals surface area contributed by atoms with Gasteiger partial charge in [-0.05, 0) is 53.9 Å². The number of likely N-dealkylation sites (N-methyl/N-ethyl adjacent to an activating group) is 1. The molecule has 1 saturated heterocycles. The van der Waals surface area contributed by atoms with Crippen LogP contribution in [0.2, 0.25) is 0 Å². The number of aliphatic imine (C=N–C) groups is 1. The van der Waals surface area contributed by atoms with Crippen LogP contribution in [0.25, 0.3) is 0 Å². The summed E-state index contributed by atoms with van der Waals surface area (Å²) in [7, 11) is 1.69. The Labute approximate surface area is 166 Å². The molecule has 0 aliphatic carbocycles. The van der Waals surface area contributed by atoms with E-state index in [1.54, 1.807) is 7.05 Å². The molecule has 1 rings (SSSR count). The fraction of sp³-hybridized carbons (Fsp3) is 0.900. The molecular formula is C20H42N6O. The van der Waals surface area contributed by atoms with E-state index in [9.17, 15) is 4.79 Å². The van der Waals surface area contributed by atoms with Gasteiger partial charge in [-0.1, -0.05) is 0 Å². The fourth-order valence-electron chi connectivity index (χ4n) is 3.59. The van der Waals surface area contributed by atoms with Crippen molar-refractivity contribution in [3.63, 3.8) is 0 Å². The lowest BCUT2D eigenvalue weighted by atomic mass is 10.1. The zero-order valence-corrected chi connectivity index (χ0v) is 18.3. The molecule has 1 fully saturated rings. The summed E-state index contributed by atoms with van der Waals surface area (Å²) < 4.78 is 0. The van der Waals surface area contributed by atoms with Crippen LogP contribution in [-0.4, -0.2) is 86.1 Å². The van der Waals surface area contributed by atoms with Crippen molar-refractivity contribution in [1.29, 1.82) is 0 Å². The van der Waals surface area contributed by atoms with E-state index in [0.29, 0.717) is 24.7 Å². The minimum Gasteiger partial charge on any atom is -0.358 e. The molecule has 7 nitrogen and oxygen atoms in total. The molecule has 0 unspecified atom stereocenters. The Bertz CT molecular complexity index is 436. The Morgan fingerprint density at radius 1 is 1.19 bits per heavy atom. The van der Waals surface area contributed by atoms with Crippen molar-refractivity contribution in [2.24, 2.45) is 4.99 Å². The van der Waals surface area contributed by atoms with Gasteiger partial charge in [0.25, 0.3) is 0 Å². The number of hydrogen-bond acceptors (Lipinski definition) is 4. The molecule has 0 saturated carbocycles. The van der Waals surface area contributed by atoms with Gasteiger partial charge in [-0.2, -0.15) is 0 Å². The van der Waals surface area contributed by atoms with Crippen molar-refractivity contribution >= 4 is 11.9 Å². The summed E-state index contributed by atoms with van der Waals surface area (Å²) >= 11 is 0. The van der Waals surface area contributed by atoms with Gasteiger partial charge in [0.1, 0.15) is 0 Å². The van der Waals surface area contributed by atoms with E-state index in [1.807, 2.05) is 0 Å². The number of carbonyl (C=O) groups excluding carboxylic acids is 1. The van der Waals surface area contributed by atoms with Crippen molar-refractivity contribution in [3.05, 3.63) is 0 Å². The van der Waals surface area contributed by atoms with Gasteiger partial charge in [-0.3, -0.25) is 19.6 Å². The van der Waals surface area contributed by atoms with Crippen LogP contribution in [-0.2, 0) is 4.79 Å². The van der Waals surface area contributed by atoms with Crippen molar-refractivity contribution < 1.29 is 4.79 Å². The van der Waals surface area contributed by atoms with E-state index in [-0.39, 0.29) is 5.91 Å². The Hall–Kier alpha value is -1.34. The highest BCUT2D eigenvalue weighted by Gasteiger charge is 2.21. The lowest BCUT2D eigenvalue weighted by Gasteiger charge is -2.32. The number of nitrogens with zero attached hydrogens (tertiary/aromatic N) is 3. The number of carbonyl (C=O) groups is 1. The highest BCUT2D eigenvalue weighted by Crippen LogP contribution is 2.10. The van der Waals surface area contributed by atoms with E-state index < -0.39 is 0 Å². The predicted molar refractivity (Wildman–Crippen MR) is 114 cm³/mol. The van der Waals surface area contributed by atoms with Crippen LogP contribution < -0.4 is 16.0 Å². The second-order valence-electron chi connectivity index (χ2n) is 7.91. The molecule has 0 aromatic carbocycles. The first-order valence-electron chi connectivity index (χ1n) is 10.6. The average molecular weight is 383 g/mol. The Kier molecular flexibility index (Phi) is 11.4. The Morgan fingerprint density at radius 2 is 1.81 bits per heavy atom. The lowest BCUT2D eigenvalue weighted by molar-refractivity contribution is -0.122. The van der Waals surface area contributed by atoms with Crippen LogP contribution in [0.4, 0.5) is 0 Å². The third-order valence-corrected chi connectivity index (χ3v) is 5.09. The van der Waals surface area contributed by atoms with Gasteiger partial charge >= 0.3 is 0 Å². The molecule has 0 atom stereocenters. The molecule has 1 aliphatic rings. The summed E-state index contributed by atoms with van der Waals surface area (Å²) in [5, 5.41) is 9.63. The number of likely N-dealkylation sites (tertiary alicyclic amines) is 1. The first kappa shape index (κ1) is 23.7. The molecular weight excluding hydrogens is 340 g/mol. The average Bonchev–Trinajstić information content (AvgIpc) is 2.62. The van der Waals surface area contributed by atoms with Crippen LogP contribution in [0.1, 0.15) is 53.9 Å². The largest absolute Gasteiger partial charge is 0.358 e. The van der Waals surface area contributed by atoms with E-state index in [4.69, 9.17) is 4.99 Å². The zero-order valence-electron chi connectivity index (χ0n) is 18.3. The number of piperidine rings is 1. The summed E-state index contributed by atoms with van der Waals surface area (Å²) in [6.07, 6.45) is 3.14. The van der Waals surface area contributed by atoms with Gasteiger partial charge in [-0.15, -0.1) is 0 Å².